The first-order valence-electron chi connectivity index (χ1n) is 4.82. The predicted octanol–water partition coefficient (Wildman–Crippen LogP) is 1.25. The lowest BCUT2D eigenvalue weighted by Gasteiger charge is -2.14. The highest BCUT2D eigenvalue weighted by Gasteiger charge is 2.27. The van der Waals surface area contributed by atoms with E-state index in [1.807, 2.05) is 0 Å². The number of hydrogen-bond donors (Lipinski definition) is 2. The molecule has 0 radical (unpaired) electrons. The van der Waals surface area contributed by atoms with E-state index in [1.54, 1.807) is 0 Å². The minimum Gasteiger partial charge on any atom is -0.385 e. The molecule has 1 amide bonds. The zero-order valence-electron chi connectivity index (χ0n) is 9.17. The van der Waals surface area contributed by atoms with Gasteiger partial charge >= 0.3 is 0 Å². The SMILES string of the molecule is NC1=NN(c2cc(Cl)c(S(=O)(=O)O)cc2Cl)C(=O)C1. The summed E-state index contributed by atoms with van der Waals surface area (Å²) in [6.07, 6.45) is -0.0615. The van der Waals surface area contributed by atoms with Gasteiger partial charge in [0.05, 0.1) is 22.2 Å². The zero-order chi connectivity index (χ0) is 14.4. The number of carbonyl (C=O) groups excluding carboxylic acids is 1. The van der Waals surface area contributed by atoms with Gasteiger partial charge < -0.3 is 5.73 Å². The number of hydrazone groups is 1. The second-order valence-corrected chi connectivity index (χ2v) is 5.89. The maximum Gasteiger partial charge on any atom is 0.296 e. The summed E-state index contributed by atoms with van der Waals surface area (Å²) in [5, 5.41) is 4.29. The van der Waals surface area contributed by atoms with Gasteiger partial charge in [0.1, 0.15) is 10.7 Å². The third-order valence-corrected chi connectivity index (χ3v) is 3.93. The van der Waals surface area contributed by atoms with Crippen LogP contribution in [0.25, 0.3) is 0 Å². The summed E-state index contributed by atoms with van der Waals surface area (Å²) in [5.74, 6) is -0.314. The van der Waals surface area contributed by atoms with Crippen molar-refractivity contribution < 1.29 is 17.8 Å². The second kappa shape index (κ2) is 4.64. The molecule has 0 unspecified atom stereocenters. The fraction of sp³-hybridized carbons (Fsp3) is 0.111. The molecule has 7 nitrogen and oxygen atoms in total. The van der Waals surface area contributed by atoms with Crippen LogP contribution < -0.4 is 10.7 Å². The van der Waals surface area contributed by atoms with Crippen LogP contribution in [0.15, 0.2) is 22.1 Å². The Morgan fingerprint density at radius 1 is 1.32 bits per heavy atom. The van der Waals surface area contributed by atoms with Crippen LogP contribution in [0.4, 0.5) is 5.69 Å². The van der Waals surface area contributed by atoms with E-state index in [2.05, 4.69) is 5.10 Å². The molecule has 0 fully saturated rings. The van der Waals surface area contributed by atoms with Crippen LogP contribution in [0.2, 0.25) is 10.0 Å². The Labute approximate surface area is 118 Å². The highest BCUT2D eigenvalue weighted by atomic mass is 35.5. The van der Waals surface area contributed by atoms with E-state index in [4.69, 9.17) is 33.5 Å². The van der Waals surface area contributed by atoms with E-state index >= 15 is 0 Å². The average Bonchev–Trinajstić information content (AvgIpc) is 2.59. The van der Waals surface area contributed by atoms with Crippen LogP contribution in [-0.4, -0.2) is 24.7 Å². The van der Waals surface area contributed by atoms with E-state index in [1.165, 1.54) is 0 Å². The molecule has 1 aliphatic rings. The van der Waals surface area contributed by atoms with Gasteiger partial charge in [0, 0.05) is 0 Å². The molecule has 102 valence electrons. The molecule has 0 aliphatic carbocycles. The van der Waals surface area contributed by atoms with Crippen LogP contribution >= 0.6 is 23.2 Å². The van der Waals surface area contributed by atoms with Gasteiger partial charge in [0.25, 0.3) is 16.0 Å². The van der Waals surface area contributed by atoms with Crippen LogP contribution in [-0.2, 0) is 14.9 Å². The minimum absolute atomic E-state index is 0.0615. The topological polar surface area (TPSA) is 113 Å². The molecule has 0 spiro atoms. The van der Waals surface area contributed by atoms with Crippen molar-refractivity contribution in [2.24, 2.45) is 10.8 Å². The number of amides is 1. The van der Waals surface area contributed by atoms with Crippen molar-refractivity contribution >= 4 is 50.8 Å². The van der Waals surface area contributed by atoms with Gasteiger partial charge in [-0.3, -0.25) is 9.35 Å². The highest BCUT2D eigenvalue weighted by Crippen LogP contribution is 2.35. The van der Waals surface area contributed by atoms with Gasteiger partial charge in [-0.25, -0.2) is 0 Å². The first-order valence-corrected chi connectivity index (χ1v) is 7.02. The fourth-order valence-electron chi connectivity index (χ4n) is 1.52. The molecular weight excluding hydrogens is 317 g/mol. The lowest BCUT2D eigenvalue weighted by atomic mass is 10.3. The maximum absolute atomic E-state index is 11.6. The molecule has 0 aromatic heterocycles. The molecule has 0 atom stereocenters. The number of hydrogen-bond acceptors (Lipinski definition) is 5. The number of nitrogens with two attached hydrogens (primary N) is 1. The zero-order valence-corrected chi connectivity index (χ0v) is 11.5. The lowest BCUT2D eigenvalue weighted by Crippen LogP contribution is -2.20. The molecule has 0 saturated heterocycles. The van der Waals surface area contributed by atoms with E-state index in [0.717, 1.165) is 17.1 Å². The fourth-order valence-corrected chi connectivity index (χ4v) is 2.85. The monoisotopic (exact) mass is 323 g/mol. The van der Waals surface area contributed by atoms with Crippen LogP contribution in [0.1, 0.15) is 6.42 Å². The Morgan fingerprint density at radius 3 is 2.42 bits per heavy atom. The molecule has 0 bridgehead atoms. The van der Waals surface area contributed by atoms with Crippen molar-refractivity contribution in [1.82, 2.24) is 0 Å². The smallest absolute Gasteiger partial charge is 0.296 e. The third kappa shape index (κ3) is 2.66. The molecule has 1 aromatic carbocycles. The largest absolute Gasteiger partial charge is 0.385 e. The number of amidine groups is 1. The van der Waals surface area contributed by atoms with E-state index in [9.17, 15) is 13.2 Å². The standard InChI is InChI=1S/C9H7Cl2N3O4S/c10-4-2-7(19(16,17)18)5(11)1-6(4)14-9(15)3-8(12)13-14/h1-2H,3H2,(H2,12,13)(H,16,17,18). The number of carbonyl (C=O) groups is 1. The first-order chi connectivity index (χ1) is 8.70. The first kappa shape index (κ1) is 14.1. The third-order valence-electron chi connectivity index (χ3n) is 2.30. The molecule has 3 N–H and O–H groups in total. The number of rotatable bonds is 2. The van der Waals surface area contributed by atoms with Gasteiger partial charge in [-0.15, -0.1) is 0 Å². The van der Waals surface area contributed by atoms with E-state index < -0.39 is 20.9 Å². The van der Waals surface area contributed by atoms with Crippen molar-refractivity contribution in [3.8, 4) is 0 Å². The number of nitrogens with zero attached hydrogens (tertiary/aromatic N) is 2. The summed E-state index contributed by atoms with van der Waals surface area (Å²) < 4.78 is 31.0. The van der Waals surface area contributed by atoms with Gasteiger partial charge in [0.2, 0.25) is 0 Å². The van der Waals surface area contributed by atoms with E-state index in [0.29, 0.717) is 0 Å². The second-order valence-electron chi connectivity index (χ2n) is 3.68. The van der Waals surface area contributed by atoms with Crippen molar-refractivity contribution in [1.29, 1.82) is 0 Å². The Morgan fingerprint density at radius 2 is 1.95 bits per heavy atom. The highest BCUT2D eigenvalue weighted by molar-refractivity contribution is 7.86. The Hall–Kier alpha value is -1.35. The number of anilines is 1. The summed E-state index contributed by atoms with van der Waals surface area (Å²) >= 11 is 11.6. The molecule has 1 heterocycles. The Balaban J connectivity index is 2.57. The molecular formula is C9H7Cl2N3O4S. The van der Waals surface area contributed by atoms with Crippen molar-refractivity contribution in [2.45, 2.75) is 11.3 Å². The average molecular weight is 324 g/mol. The van der Waals surface area contributed by atoms with Crippen molar-refractivity contribution in [3.05, 3.63) is 22.2 Å². The number of halogens is 2. The molecule has 1 aliphatic heterocycles. The summed E-state index contributed by atoms with van der Waals surface area (Å²) in [6, 6.07) is 2.05. The van der Waals surface area contributed by atoms with Crippen molar-refractivity contribution in [3.63, 3.8) is 0 Å². The minimum atomic E-state index is -4.50. The quantitative estimate of drug-likeness (QED) is 0.795. The molecule has 10 heteroatoms. The molecule has 1 aromatic rings. The molecule has 2 rings (SSSR count). The number of benzene rings is 1. The lowest BCUT2D eigenvalue weighted by molar-refractivity contribution is -0.116. The van der Waals surface area contributed by atoms with Gasteiger partial charge in [-0.05, 0) is 12.1 Å². The van der Waals surface area contributed by atoms with Crippen LogP contribution in [0.5, 0.6) is 0 Å². The normalized spacial score (nSPS) is 15.8. The predicted molar refractivity (Wildman–Crippen MR) is 70.0 cm³/mol. The molecule has 19 heavy (non-hydrogen) atoms. The van der Waals surface area contributed by atoms with Gasteiger partial charge in [-0.2, -0.15) is 18.5 Å². The molecule has 0 saturated carbocycles. The maximum atomic E-state index is 11.6. The summed E-state index contributed by atoms with van der Waals surface area (Å²) in [6.45, 7) is 0. The van der Waals surface area contributed by atoms with Crippen molar-refractivity contribution in [2.75, 3.05) is 5.01 Å². The van der Waals surface area contributed by atoms with Gasteiger partial charge in [-0.1, -0.05) is 23.2 Å². The summed E-state index contributed by atoms with van der Waals surface area (Å²) in [7, 11) is -4.50. The Bertz CT molecular complexity index is 702. The van der Waals surface area contributed by atoms with E-state index in [-0.39, 0.29) is 28.0 Å². The van der Waals surface area contributed by atoms with Crippen LogP contribution in [0, 0.1) is 0 Å². The Kier molecular flexibility index (Phi) is 3.43. The summed E-state index contributed by atoms with van der Waals surface area (Å²) in [5.41, 5.74) is 5.50. The van der Waals surface area contributed by atoms with Gasteiger partial charge in [0.15, 0.2) is 0 Å². The summed E-state index contributed by atoms with van der Waals surface area (Å²) in [4.78, 5) is 11.0. The van der Waals surface area contributed by atoms with Crippen LogP contribution in [0.3, 0.4) is 0 Å².